The number of hydrogen-bond acceptors (Lipinski definition) is 8. The zero-order chi connectivity index (χ0) is 24.7. The van der Waals surface area contributed by atoms with E-state index >= 15 is 0 Å². The largest absolute Gasteiger partial charge is 0.493 e. The molecule has 3 aromatic rings. The van der Waals surface area contributed by atoms with E-state index in [1.165, 1.54) is 43.5 Å². The van der Waals surface area contributed by atoms with Gasteiger partial charge in [0, 0.05) is 29.8 Å². The summed E-state index contributed by atoms with van der Waals surface area (Å²) in [7, 11) is 1.43. The van der Waals surface area contributed by atoms with Crippen molar-refractivity contribution in [2.45, 2.75) is 6.61 Å². The molecule has 0 radical (unpaired) electrons. The van der Waals surface area contributed by atoms with E-state index in [-0.39, 0.29) is 29.1 Å². The van der Waals surface area contributed by atoms with Gasteiger partial charge in [0.1, 0.15) is 18.2 Å². The summed E-state index contributed by atoms with van der Waals surface area (Å²) in [6.07, 6.45) is 1.35. The van der Waals surface area contributed by atoms with Crippen molar-refractivity contribution in [1.82, 2.24) is 0 Å². The van der Waals surface area contributed by atoms with Gasteiger partial charge in [-0.15, -0.1) is 0 Å². The van der Waals surface area contributed by atoms with E-state index in [2.05, 4.69) is 0 Å². The minimum atomic E-state index is -0.649. The zero-order valence-corrected chi connectivity index (χ0v) is 17.8. The molecule has 0 spiro atoms. The van der Waals surface area contributed by atoms with E-state index in [0.717, 1.165) is 6.07 Å². The molecule has 0 unspecified atom stereocenters. The van der Waals surface area contributed by atoms with Crippen LogP contribution in [-0.2, 0) is 6.61 Å². The topological polar surface area (TPSA) is 146 Å². The van der Waals surface area contributed by atoms with Gasteiger partial charge in [0.05, 0.1) is 17.0 Å². The van der Waals surface area contributed by atoms with E-state index < -0.39 is 15.6 Å². The monoisotopic (exact) mass is 459 g/mol. The van der Waals surface area contributed by atoms with Crippen molar-refractivity contribution in [1.29, 1.82) is 5.26 Å². The quantitative estimate of drug-likeness (QED) is 0.145. The van der Waals surface area contributed by atoms with Gasteiger partial charge in [-0.25, -0.2) is 0 Å². The van der Waals surface area contributed by atoms with E-state index in [9.17, 15) is 30.3 Å². The van der Waals surface area contributed by atoms with Gasteiger partial charge in [-0.2, -0.15) is 5.26 Å². The lowest BCUT2D eigenvalue weighted by Gasteiger charge is -2.11. The summed E-state index contributed by atoms with van der Waals surface area (Å²) >= 11 is 0. The van der Waals surface area contributed by atoms with Gasteiger partial charge < -0.3 is 9.47 Å². The Hall–Kier alpha value is -5.04. The highest BCUT2D eigenvalue weighted by atomic mass is 16.6. The van der Waals surface area contributed by atoms with Gasteiger partial charge in [-0.1, -0.05) is 18.2 Å². The number of carbonyl (C=O) groups excluding carboxylic acids is 1. The second kappa shape index (κ2) is 10.5. The molecule has 0 aliphatic heterocycles. The van der Waals surface area contributed by atoms with Crippen molar-refractivity contribution < 1.29 is 24.1 Å². The van der Waals surface area contributed by atoms with Gasteiger partial charge in [-0.3, -0.25) is 25.0 Å². The maximum absolute atomic E-state index is 12.7. The maximum atomic E-state index is 12.7. The molecule has 0 fully saturated rings. The molecule has 0 saturated heterocycles. The summed E-state index contributed by atoms with van der Waals surface area (Å²) in [4.78, 5) is 33.3. The standard InChI is InChI=1S/C24H17N3O7/c1-33-23-12-17(7-10-22(23)34-15-16-5-8-20(9-6-16)26(29)30)11-19(14-25)24(28)18-3-2-4-21(13-18)27(31)32/h2-13H,15H2,1H3/b19-11+. The Labute approximate surface area is 193 Å². The van der Waals surface area contributed by atoms with Crippen molar-refractivity contribution in [2.75, 3.05) is 7.11 Å². The Kier molecular flexibility index (Phi) is 7.31. The Morgan fingerprint density at radius 3 is 2.29 bits per heavy atom. The first-order chi connectivity index (χ1) is 16.3. The predicted octanol–water partition coefficient (Wildman–Crippen LogP) is 4.88. The molecule has 0 amide bonds. The van der Waals surface area contributed by atoms with E-state index in [4.69, 9.17) is 9.47 Å². The molecular weight excluding hydrogens is 442 g/mol. The summed E-state index contributed by atoms with van der Waals surface area (Å²) < 4.78 is 11.1. The van der Waals surface area contributed by atoms with Crippen molar-refractivity contribution in [3.8, 4) is 17.6 Å². The first-order valence-corrected chi connectivity index (χ1v) is 9.77. The van der Waals surface area contributed by atoms with Crippen LogP contribution < -0.4 is 9.47 Å². The van der Waals surface area contributed by atoms with Crippen LogP contribution in [0.4, 0.5) is 11.4 Å². The molecule has 0 atom stereocenters. The fourth-order valence-corrected chi connectivity index (χ4v) is 3.00. The van der Waals surface area contributed by atoms with Gasteiger partial charge >= 0.3 is 0 Å². The predicted molar refractivity (Wildman–Crippen MR) is 121 cm³/mol. The molecule has 0 aliphatic rings. The number of hydrogen-bond donors (Lipinski definition) is 0. The lowest BCUT2D eigenvalue weighted by atomic mass is 10.0. The second-order valence-electron chi connectivity index (χ2n) is 6.93. The van der Waals surface area contributed by atoms with Crippen molar-refractivity contribution in [2.24, 2.45) is 0 Å². The number of ether oxygens (including phenoxy) is 2. The summed E-state index contributed by atoms with van der Waals surface area (Å²) in [5, 5.41) is 31.2. The van der Waals surface area contributed by atoms with Crippen LogP contribution in [0.25, 0.3) is 6.08 Å². The molecule has 10 heteroatoms. The fraction of sp³-hybridized carbons (Fsp3) is 0.0833. The zero-order valence-electron chi connectivity index (χ0n) is 17.8. The number of non-ortho nitro benzene ring substituents is 2. The van der Waals surface area contributed by atoms with Crippen LogP contribution in [0.5, 0.6) is 11.5 Å². The lowest BCUT2D eigenvalue weighted by molar-refractivity contribution is -0.385. The average molecular weight is 459 g/mol. The van der Waals surface area contributed by atoms with Crippen LogP contribution in [0.1, 0.15) is 21.5 Å². The SMILES string of the molecule is COc1cc(/C=C(\C#N)C(=O)c2cccc([N+](=O)[O-])c2)ccc1OCc1ccc([N+](=O)[O-])cc1. The molecule has 3 aromatic carbocycles. The first kappa shape index (κ1) is 23.6. The molecule has 10 nitrogen and oxygen atoms in total. The number of methoxy groups -OCH3 is 1. The number of allylic oxidation sites excluding steroid dienone is 1. The highest BCUT2D eigenvalue weighted by Gasteiger charge is 2.16. The summed E-state index contributed by atoms with van der Waals surface area (Å²) in [6, 6.07) is 17.7. The first-order valence-electron chi connectivity index (χ1n) is 9.77. The van der Waals surface area contributed by atoms with E-state index in [1.807, 2.05) is 6.07 Å². The molecule has 34 heavy (non-hydrogen) atoms. The van der Waals surface area contributed by atoms with Crippen molar-refractivity contribution in [3.05, 3.63) is 109 Å². The smallest absolute Gasteiger partial charge is 0.270 e. The second-order valence-corrected chi connectivity index (χ2v) is 6.93. The van der Waals surface area contributed by atoms with Gasteiger partial charge in [0.2, 0.25) is 5.78 Å². The van der Waals surface area contributed by atoms with Crippen LogP contribution in [0.2, 0.25) is 0 Å². The molecule has 0 N–H and O–H groups in total. The fourth-order valence-electron chi connectivity index (χ4n) is 3.00. The molecule has 0 aromatic heterocycles. The molecular formula is C24H17N3O7. The molecule has 3 rings (SSSR count). The number of rotatable bonds is 9. The molecule has 0 saturated carbocycles. The number of nitro benzene ring substituents is 2. The molecule has 0 aliphatic carbocycles. The van der Waals surface area contributed by atoms with Crippen molar-refractivity contribution in [3.63, 3.8) is 0 Å². The molecule has 0 bridgehead atoms. The minimum Gasteiger partial charge on any atom is -0.493 e. The summed E-state index contributed by atoms with van der Waals surface area (Å²) in [5.74, 6) is 0.0842. The highest BCUT2D eigenvalue weighted by Crippen LogP contribution is 2.30. The number of benzene rings is 3. The van der Waals surface area contributed by atoms with E-state index in [0.29, 0.717) is 22.6 Å². The molecule has 0 heterocycles. The maximum Gasteiger partial charge on any atom is 0.270 e. The number of nitro groups is 2. The Morgan fingerprint density at radius 1 is 0.971 bits per heavy atom. The van der Waals surface area contributed by atoms with Crippen LogP contribution in [0.3, 0.4) is 0 Å². The number of nitriles is 1. The van der Waals surface area contributed by atoms with Gasteiger partial charge in [0.15, 0.2) is 11.5 Å². The lowest BCUT2D eigenvalue weighted by Crippen LogP contribution is -2.03. The van der Waals surface area contributed by atoms with Gasteiger partial charge in [0.25, 0.3) is 11.4 Å². The minimum absolute atomic E-state index is 0.0228. The normalized spacial score (nSPS) is 10.8. The van der Waals surface area contributed by atoms with Crippen LogP contribution in [-0.4, -0.2) is 22.7 Å². The van der Waals surface area contributed by atoms with Gasteiger partial charge in [-0.05, 0) is 41.5 Å². The third-order valence-electron chi connectivity index (χ3n) is 4.72. The highest BCUT2D eigenvalue weighted by molar-refractivity contribution is 6.14. The summed E-state index contributed by atoms with van der Waals surface area (Å²) in [5.41, 5.74) is 0.740. The summed E-state index contributed by atoms with van der Waals surface area (Å²) in [6.45, 7) is 0.137. The number of Topliss-reactive ketones (excluding diaryl/α,β-unsaturated/α-hetero) is 1. The van der Waals surface area contributed by atoms with Crippen molar-refractivity contribution >= 4 is 23.2 Å². The number of ketones is 1. The Bertz CT molecular complexity index is 1330. The Balaban J connectivity index is 1.80. The third kappa shape index (κ3) is 5.60. The third-order valence-corrected chi connectivity index (χ3v) is 4.72. The van der Waals surface area contributed by atoms with E-state index in [1.54, 1.807) is 30.3 Å². The van der Waals surface area contributed by atoms with Crippen LogP contribution in [0.15, 0.2) is 72.3 Å². The Morgan fingerprint density at radius 2 is 1.68 bits per heavy atom. The number of nitrogens with zero attached hydrogens (tertiary/aromatic N) is 3. The van der Waals surface area contributed by atoms with Crippen LogP contribution >= 0.6 is 0 Å². The number of carbonyl (C=O) groups is 1. The van der Waals surface area contributed by atoms with Crippen LogP contribution in [0, 0.1) is 31.6 Å². The molecule has 170 valence electrons. The average Bonchev–Trinajstić information content (AvgIpc) is 2.86.